The molecule has 0 heterocycles. The van der Waals surface area contributed by atoms with E-state index >= 15 is 0 Å². The Labute approximate surface area is 152 Å². The molecule has 0 saturated heterocycles. The zero-order valence-electron chi connectivity index (χ0n) is 16.0. The maximum absolute atomic E-state index is 2.36. The van der Waals surface area contributed by atoms with Crippen LogP contribution in [0.2, 0.25) is 0 Å². The first-order chi connectivity index (χ1) is 12.0. The lowest BCUT2D eigenvalue weighted by Crippen LogP contribution is -2.11. The van der Waals surface area contributed by atoms with Gasteiger partial charge in [0.1, 0.15) is 0 Å². The average molecular weight is 328 g/mol. The maximum atomic E-state index is 2.36. The Hall–Kier alpha value is -2.34. The minimum absolute atomic E-state index is 0.364. The quantitative estimate of drug-likeness (QED) is 0.491. The van der Waals surface area contributed by atoms with E-state index in [4.69, 9.17) is 0 Å². The Bertz CT molecular complexity index is 793. The van der Waals surface area contributed by atoms with Gasteiger partial charge in [0, 0.05) is 5.92 Å². The fourth-order valence-electron chi connectivity index (χ4n) is 3.56. The van der Waals surface area contributed by atoms with Gasteiger partial charge in [-0.3, -0.25) is 0 Å². The van der Waals surface area contributed by atoms with Crippen LogP contribution in [0.15, 0.2) is 66.7 Å². The van der Waals surface area contributed by atoms with Crippen molar-refractivity contribution in [3.05, 3.63) is 106 Å². The fraction of sp³-hybridized carbons (Fsp3) is 0.280. The Kier molecular flexibility index (Phi) is 5.08. The van der Waals surface area contributed by atoms with E-state index in [0.717, 1.165) is 0 Å². The number of hydrogen-bond donors (Lipinski definition) is 0. The van der Waals surface area contributed by atoms with Gasteiger partial charge in [0.05, 0.1) is 0 Å². The van der Waals surface area contributed by atoms with Crippen LogP contribution in [-0.4, -0.2) is 0 Å². The molecule has 0 aliphatic carbocycles. The number of benzene rings is 3. The second-order valence-electron chi connectivity index (χ2n) is 7.43. The molecule has 128 valence electrons. The van der Waals surface area contributed by atoms with Crippen LogP contribution in [0.5, 0.6) is 0 Å². The van der Waals surface area contributed by atoms with Crippen molar-refractivity contribution in [1.29, 1.82) is 0 Å². The van der Waals surface area contributed by atoms with Gasteiger partial charge in [0.25, 0.3) is 0 Å². The van der Waals surface area contributed by atoms with Gasteiger partial charge in [0.15, 0.2) is 0 Å². The second-order valence-corrected chi connectivity index (χ2v) is 7.43. The molecule has 0 heteroatoms. The topological polar surface area (TPSA) is 0 Å². The van der Waals surface area contributed by atoms with Crippen LogP contribution in [0, 0.1) is 27.7 Å². The molecule has 0 bridgehead atoms. The summed E-state index contributed by atoms with van der Waals surface area (Å²) >= 11 is 0. The van der Waals surface area contributed by atoms with Crippen LogP contribution in [0.25, 0.3) is 0 Å². The molecule has 25 heavy (non-hydrogen) atoms. The Morgan fingerprint density at radius 3 is 1.40 bits per heavy atom. The van der Waals surface area contributed by atoms with E-state index in [1.54, 1.807) is 0 Å². The second kappa shape index (κ2) is 7.27. The minimum atomic E-state index is 0.364. The Balaban J connectivity index is 2.07. The summed E-state index contributed by atoms with van der Waals surface area (Å²) in [5, 5.41) is 0. The molecule has 0 fully saturated rings. The lowest BCUT2D eigenvalue weighted by atomic mass is 9.77. The van der Waals surface area contributed by atoms with Gasteiger partial charge >= 0.3 is 0 Å². The summed E-state index contributed by atoms with van der Waals surface area (Å²) in [6, 6.07) is 25.0. The van der Waals surface area contributed by atoms with Crippen molar-refractivity contribution in [3.63, 3.8) is 0 Å². The van der Waals surface area contributed by atoms with Crippen molar-refractivity contribution in [3.8, 4) is 0 Å². The molecule has 0 aliphatic rings. The molecular weight excluding hydrogens is 300 g/mol. The molecule has 0 radical (unpaired) electrons. The first-order valence-electron chi connectivity index (χ1n) is 9.16. The number of rotatable bonds is 4. The fourth-order valence-corrected chi connectivity index (χ4v) is 3.56. The summed E-state index contributed by atoms with van der Waals surface area (Å²) in [5.41, 5.74) is 9.54. The van der Waals surface area contributed by atoms with Crippen LogP contribution in [-0.2, 0) is 0 Å². The van der Waals surface area contributed by atoms with Gasteiger partial charge in [-0.15, -0.1) is 0 Å². The highest BCUT2D eigenvalue weighted by Crippen LogP contribution is 2.38. The highest BCUT2D eigenvalue weighted by atomic mass is 14.3. The molecule has 0 aliphatic heterocycles. The van der Waals surface area contributed by atoms with Crippen LogP contribution in [0.3, 0.4) is 0 Å². The van der Waals surface area contributed by atoms with E-state index < -0.39 is 0 Å². The van der Waals surface area contributed by atoms with Gasteiger partial charge in [0.2, 0.25) is 0 Å². The Morgan fingerprint density at radius 1 is 0.520 bits per heavy atom. The van der Waals surface area contributed by atoms with Crippen LogP contribution < -0.4 is 0 Å². The minimum Gasteiger partial charge on any atom is -0.0590 e. The molecule has 1 atom stereocenters. The molecule has 0 saturated carbocycles. The highest BCUT2D eigenvalue weighted by molar-refractivity contribution is 5.41. The van der Waals surface area contributed by atoms with Crippen molar-refractivity contribution >= 4 is 0 Å². The van der Waals surface area contributed by atoms with Gasteiger partial charge in [-0.2, -0.15) is 0 Å². The first kappa shape index (κ1) is 17.5. The van der Waals surface area contributed by atoms with E-state index in [-0.39, 0.29) is 0 Å². The largest absolute Gasteiger partial charge is 0.0590 e. The standard InChI is InChI=1S/C25H28/c1-17-6-11-22(12-7-17)25(23-13-8-18(2)9-14-23)21(5)24-15-10-19(3)20(4)16-24/h6-16,21,25H,1-5H3. The summed E-state index contributed by atoms with van der Waals surface area (Å²) in [6.45, 7) is 11.0. The van der Waals surface area contributed by atoms with E-state index in [2.05, 4.69) is 101 Å². The van der Waals surface area contributed by atoms with E-state index in [1.165, 1.54) is 38.9 Å². The molecular formula is C25H28. The smallest absolute Gasteiger partial charge is 0.0155 e. The molecule has 0 spiro atoms. The molecule has 0 N–H and O–H groups in total. The SMILES string of the molecule is Cc1ccc(C(c2ccc(C)cc2)C(C)c2ccc(C)c(C)c2)cc1. The molecule has 0 nitrogen and oxygen atoms in total. The highest BCUT2D eigenvalue weighted by Gasteiger charge is 2.23. The molecule has 3 aromatic rings. The predicted molar refractivity (Wildman–Crippen MR) is 109 cm³/mol. The van der Waals surface area contributed by atoms with Crippen LogP contribution in [0.4, 0.5) is 0 Å². The number of aryl methyl sites for hydroxylation is 4. The van der Waals surface area contributed by atoms with E-state index in [0.29, 0.717) is 11.8 Å². The van der Waals surface area contributed by atoms with Crippen molar-refractivity contribution in [1.82, 2.24) is 0 Å². The average Bonchev–Trinajstić information content (AvgIpc) is 2.61. The molecule has 0 amide bonds. The van der Waals surface area contributed by atoms with Crippen LogP contribution >= 0.6 is 0 Å². The van der Waals surface area contributed by atoms with Gasteiger partial charge in [-0.1, -0.05) is 84.8 Å². The zero-order valence-corrected chi connectivity index (χ0v) is 16.0. The lowest BCUT2D eigenvalue weighted by molar-refractivity contribution is 0.656. The van der Waals surface area contributed by atoms with Crippen LogP contribution in [0.1, 0.15) is 57.7 Å². The third kappa shape index (κ3) is 3.85. The Morgan fingerprint density at radius 2 is 0.960 bits per heavy atom. The van der Waals surface area contributed by atoms with Crippen molar-refractivity contribution < 1.29 is 0 Å². The summed E-state index contributed by atoms with van der Waals surface area (Å²) < 4.78 is 0. The first-order valence-corrected chi connectivity index (χ1v) is 9.16. The van der Waals surface area contributed by atoms with Crippen molar-refractivity contribution in [2.75, 3.05) is 0 Å². The molecule has 1 unspecified atom stereocenters. The van der Waals surface area contributed by atoms with E-state index in [1.807, 2.05) is 0 Å². The zero-order chi connectivity index (χ0) is 18.0. The van der Waals surface area contributed by atoms with Crippen molar-refractivity contribution in [2.45, 2.75) is 46.5 Å². The van der Waals surface area contributed by atoms with Crippen molar-refractivity contribution in [2.24, 2.45) is 0 Å². The normalized spacial score (nSPS) is 12.4. The molecule has 3 aromatic carbocycles. The van der Waals surface area contributed by atoms with E-state index in [9.17, 15) is 0 Å². The summed E-state index contributed by atoms with van der Waals surface area (Å²) in [6.07, 6.45) is 0. The lowest BCUT2D eigenvalue weighted by Gasteiger charge is -2.26. The maximum Gasteiger partial charge on any atom is 0.0155 e. The number of hydrogen-bond acceptors (Lipinski definition) is 0. The van der Waals surface area contributed by atoms with Gasteiger partial charge in [-0.25, -0.2) is 0 Å². The summed E-state index contributed by atoms with van der Waals surface area (Å²) in [7, 11) is 0. The van der Waals surface area contributed by atoms with Gasteiger partial charge < -0.3 is 0 Å². The third-order valence-corrected chi connectivity index (χ3v) is 5.43. The third-order valence-electron chi connectivity index (χ3n) is 5.43. The molecule has 3 rings (SSSR count). The monoisotopic (exact) mass is 328 g/mol. The summed E-state index contributed by atoms with van der Waals surface area (Å²) in [4.78, 5) is 0. The predicted octanol–water partition coefficient (Wildman–Crippen LogP) is 6.86. The van der Waals surface area contributed by atoms with Gasteiger partial charge in [-0.05, 0) is 61.4 Å². The summed E-state index contributed by atoms with van der Waals surface area (Å²) in [5.74, 6) is 0.785. The molecule has 0 aromatic heterocycles.